The second-order valence-electron chi connectivity index (χ2n) is 12.4. The van der Waals surface area contributed by atoms with Gasteiger partial charge in [-0.2, -0.15) is 13.2 Å². The van der Waals surface area contributed by atoms with E-state index >= 15 is 0 Å². The third kappa shape index (κ3) is 6.07. The van der Waals surface area contributed by atoms with Crippen molar-refractivity contribution in [3.8, 4) is 0 Å². The Bertz CT molecular complexity index is 1500. The van der Waals surface area contributed by atoms with Crippen LogP contribution in [-0.4, -0.2) is 44.6 Å². The van der Waals surface area contributed by atoms with Crippen molar-refractivity contribution < 1.29 is 22.4 Å². The Labute approximate surface area is 235 Å². The molecule has 2 fully saturated rings. The van der Waals surface area contributed by atoms with Crippen molar-refractivity contribution in [2.45, 2.75) is 64.2 Å². The topological polar surface area (TPSA) is 93.8 Å². The first kappa shape index (κ1) is 29.0. The number of carbonyl (C=O) groups is 1. The number of amides is 1. The molecule has 0 aliphatic heterocycles. The Morgan fingerprint density at radius 1 is 1.15 bits per heavy atom. The first-order chi connectivity index (χ1) is 19.2. The van der Waals surface area contributed by atoms with Crippen molar-refractivity contribution in [1.29, 1.82) is 0 Å². The molecule has 1 amide bonds. The predicted octanol–water partition coefficient (Wildman–Crippen LogP) is 4.74. The fourth-order valence-electron chi connectivity index (χ4n) is 6.16. The maximum absolute atomic E-state index is 13.3. The lowest BCUT2D eigenvalue weighted by Crippen LogP contribution is -2.49. The van der Waals surface area contributed by atoms with Gasteiger partial charge in [-0.25, -0.2) is 0 Å². The van der Waals surface area contributed by atoms with Gasteiger partial charge in [-0.15, -0.1) is 10.2 Å². The van der Waals surface area contributed by atoms with Crippen LogP contribution >= 0.6 is 0 Å². The molecule has 5 rings (SSSR count). The SMILES string of the molecule is Cn1cnnc1C1(c2cccc(NC(=O)c3cc(CNCC4(CF)CC4)cn(CC(F)(F)F)c3=O)c2)CC(C)(C)C1. The number of nitrogens with zero attached hydrogens (tertiary/aromatic N) is 4. The summed E-state index contributed by atoms with van der Waals surface area (Å²) in [6.07, 6.45) is 1.19. The molecule has 2 saturated carbocycles. The first-order valence-electron chi connectivity index (χ1n) is 13.6. The fraction of sp³-hybridized carbons (Fsp3) is 0.517. The summed E-state index contributed by atoms with van der Waals surface area (Å²) in [5, 5.41) is 14.2. The molecule has 1 aromatic carbocycles. The average Bonchev–Trinajstić information content (AvgIpc) is 3.53. The molecule has 2 heterocycles. The van der Waals surface area contributed by atoms with Gasteiger partial charge in [0.2, 0.25) is 0 Å². The molecule has 0 saturated heterocycles. The van der Waals surface area contributed by atoms with Crippen LogP contribution in [0.2, 0.25) is 0 Å². The molecular weight excluding hydrogens is 540 g/mol. The van der Waals surface area contributed by atoms with Crippen LogP contribution in [0.15, 0.2) is 47.7 Å². The number of halogens is 4. The van der Waals surface area contributed by atoms with E-state index in [1.54, 1.807) is 18.5 Å². The Balaban J connectivity index is 1.41. The number of nitrogens with one attached hydrogen (secondary N) is 2. The van der Waals surface area contributed by atoms with E-state index in [4.69, 9.17) is 0 Å². The summed E-state index contributed by atoms with van der Waals surface area (Å²) in [6.45, 7) is 2.79. The molecule has 2 aromatic heterocycles. The van der Waals surface area contributed by atoms with Gasteiger partial charge in [-0.1, -0.05) is 26.0 Å². The number of benzene rings is 1. The Kier molecular flexibility index (Phi) is 7.33. The summed E-state index contributed by atoms with van der Waals surface area (Å²) >= 11 is 0. The van der Waals surface area contributed by atoms with Crippen LogP contribution in [0, 0.1) is 10.8 Å². The highest BCUT2D eigenvalue weighted by Crippen LogP contribution is 2.58. The number of anilines is 1. The average molecular weight is 575 g/mol. The van der Waals surface area contributed by atoms with Crippen molar-refractivity contribution >= 4 is 11.6 Å². The lowest BCUT2D eigenvalue weighted by molar-refractivity contribution is -0.141. The Hall–Kier alpha value is -3.54. The molecule has 2 N–H and O–H groups in total. The molecule has 2 aliphatic carbocycles. The molecule has 0 spiro atoms. The van der Waals surface area contributed by atoms with Crippen molar-refractivity contribution in [2.24, 2.45) is 17.9 Å². The molecule has 220 valence electrons. The molecule has 0 atom stereocenters. The zero-order valence-electron chi connectivity index (χ0n) is 23.3. The van der Waals surface area contributed by atoms with Gasteiger partial charge in [0.25, 0.3) is 11.5 Å². The quantitative estimate of drug-likeness (QED) is 0.342. The number of hydrogen-bond donors (Lipinski definition) is 2. The van der Waals surface area contributed by atoms with E-state index < -0.39 is 47.3 Å². The lowest BCUT2D eigenvalue weighted by Gasteiger charge is -2.52. The summed E-state index contributed by atoms with van der Waals surface area (Å²) in [5.41, 5.74) is -0.574. The van der Waals surface area contributed by atoms with E-state index in [1.807, 2.05) is 23.7 Å². The van der Waals surface area contributed by atoms with Crippen LogP contribution in [-0.2, 0) is 25.6 Å². The number of aromatic nitrogens is 4. The number of alkyl halides is 4. The number of hydrogen-bond acceptors (Lipinski definition) is 5. The number of rotatable bonds is 10. The predicted molar refractivity (Wildman–Crippen MR) is 145 cm³/mol. The van der Waals surface area contributed by atoms with Crippen LogP contribution in [0.3, 0.4) is 0 Å². The van der Waals surface area contributed by atoms with E-state index in [9.17, 15) is 27.2 Å². The van der Waals surface area contributed by atoms with E-state index in [0.717, 1.165) is 43.3 Å². The van der Waals surface area contributed by atoms with Crippen molar-refractivity contribution in [2.75, 3.05) is 18.5 Å². The van der Waals surface area contributed by atoms with Crippen LogP contribution in [0.25, 0.3) is 0 Å². The van der Waals surface area contributed by atoms with E-state index in [2.05, 4.69) is 34.7 Å². The standard InChI is InChI=1S/C29H34F4N6O2/c1-26(2)13-28(14-26,25-37-35-18-38(25)3)20-5-4-6-21(10-20)36-23(40)22-9-19(11-34-16-27(15-30)7-8-27)12-39(24(22)41)17-29(31,32)33/h4-6,9-10,12,18,34H,7-8,11,13-17H2,1-3H3,(H,36,40). The summed E-state index contributed by atoms with van der Waals surface area (Å²) in [4.78, 5) is 26.3. The molecule has 0 unspecified atom stereocenters. The molecule has 41 heavy (non-hydrogen) atoms. The third-order valence-corrected chi connectivity index (χ3v) is 8.18. The van der Waals surface area contributed by atoms with Crippen LogP contribution < -0.4 is 16.2 Å². The Morgan fingerprint density at radius 2 is 1.88 bits per heavy atom. The largest absolute Gasteiger partial charge is 0.406 e. The van der Waals surface area contributed by atoms with Crippen LogP contribution in [0.5, 0.6) is 0 Å². The number of aryl methyl sites for hydroxylation is 1. The monoisotopic (exact) mass is 574 g/mol. The van der Waals surface area contributed by atoms with Gasteiger partial charge in [-0.05, 0) is 60.4 Å². The molecular formula is C29H34F4N6O2. The van der Waals surface area contributed by atoms with Gasteiger partial charge in [-0.3, -0.25) is 14.0 Å². The summed E-state index contributed by atoms with van der Waals surface area (Å²) in [6, 6.07) is 8.52. The van der Waals surface area contributed by atoms with Gasteiger partial charge in [0.1, 0.15) is 24.3 Å². The summed E-state index contributed by atoms with van der Waals surface area (Å²) < 4.78 is 55.4. The molecule has 0 radical (unpaired) electrons. The molecule has 3 aromatic rings. The maximum atomic E-state index is 13.3. The fourth-order valence-corrected chi connectivity index (χ4v) is 6.16. The van der Waals surface area contributed by atoms with Crippen molar-refractivity contribution in [1.82, 2.24) is 24.6 Å². The van der Waals surface area contributed by atoms with Crippen molar-refractivity contribution in [3.63, 3.8) is 0 Å². The molecule has 0 bridgehead atoms. The smallest absolute Gasteiger partial charge is 0.322 e. The second-order valence-corrected chi connectivity index (χ2v) is 12.4. The minimum absolute atomic E-state index is 0.0760. The van der Waals surface area contributed by atoms with Crippen LogP contribution in [0.1, 0.15) is 66.8 Å². The third-order valence-electron chi connectivity index (χ3n) is 8.18. The van der Waals surface area contributed by atoms with Crippen molar-refractivity contribution in [3.05, 3.63) is 75.7 Å². The van der Waals surface area contributed by atoms with Crippen LogP contribution in [0.4, 0.5) is 23.2 Å². The van der Waals surface area contributed by atoms with Gasteiger partial charge in [0, 0.05) is 37.4 Å². The van der Waals surface area contributed by atoms with E-state index in [0.29, 0.717) is 22.4 Å². The minimum atomic E-state index is -4.66. The zero-order valence-corrected chi connectivity index (χ0v) is 23.3. The zero-order chi connectivity index (χ0) is 29.6. The van der Waals surface area contributed by atoms with E-state index in [-0.39, 0.29) is 12.0 Å². The van der Waals surface area contributed by atoms with Gasteiger partial charge in [0.05, 0.1) is 12.1 Å². The second kappa shape index (κ2) is 10.4. The summed E-state index contributed by atoms with van der Waals surface area (Å²) in [5.74, 6) is -0.00901. The minimum Gasteiger partial charge on any atom is -0.322 e. The molecule has 2 aliphatic rings. The Morgan fingerprint density at radius 3 is 2.46 bits per heavy atom. The molecule has 12 heteroatoms. The summed E-state index contributed by atoms with van der Waals surface area (Å²) in [7, 11) is 1.88. The highest BCUT2D eigenvalue weighted by Gasteiger charge is 2.54. The highest BCUT2D eigenvalue weighted by molar-refractivity contribution is 6.04. The maximum Gasteiger partial charge on any atom is 0.406 e. The first-order valence-corrected chi connectivity index (χ1v) is 13.6. The van der Waals surface area contributed by atoms with E-state index in [1.165, 1.54) is 6.07 Å². The lowest BCUT2D eigenvalue weighted by atomic mass is 9.51. The van der Waals surface area contributed by atoms with Gasteiger partial charge >= 0.3 is 6.18 Å². The van der Waals surface area contributed by atoms with Gasteiger partial charge < -0.3 is 19.8 Å². The number of carbonyl (C=O) groups excluding carboxylic acids is 1. The normalized spacial score (nSPS) is 18.5. The molecule has 8 nitrogen and oxygen atoms in total. The number of pyridine rings is 1. The van der Waals surface area contributed by atoms with Gasteiger partial charge in [0.15, 0.2) is 0 Å². The highest BCUT2D eigenvalue weighted by atomic mass is 19.4.